The molecule has 0 amide bonds. The Labute approximate surface area is 127 Å². The fourth-order valence-corrected chi connectivity index (χ4v) is 2.49. The minimum Gasteiger partial charge on any atom is -0.244 e. The lowest BCUT2D eigenvalue weighted by atomic mass is 9.85. The molecule has 0 aliphatic carbocycles. The van der Waals surface area contributed by atoms with Gasteiger partial charge in [-0.1, -0.05) is 24.3 Å². The molecule has 6 nitrogen and oxygen atoms in total. The molecule has 110 valence electrons. The summed E-state index contributed by atoms with van der Waals surface area (Å²) in [5.74, 6) is 0. The zero-order valence-corrected chi connectivity index (χ0v) is 12.6. The van der Waals surface area contributed by atoms with Crippen molar-refractivity contribution < 1.29 is 0 Å². The average Bonchev–Trinajstić information content (AvgIpc) is 2.85. The van der Waals surface area contributed by atoms with Crippen LogP contribution in [0.25, 0.3) is 16.6 Å². The molecule has 0 aliphatic rings. The summed E-state index contributed by atoms with van der Waals surface area (Å²) in [6.07, 6.45) is 1.59. The van der Waals surface area contributed by atoms with E-state index >= 15 is 0 Å². The second kappa shape index (κ2) is 4.81. The molecule has 0 fully saturated rings. The molecule has 2 aromatic heterocycles. The highest BCUT2D eigenvalue weighted by Crippen LogP contribution is 2.29. The van der Waals surface area contributed by atoms with Crippen LogP contribution in [0.1, 0.15) is 25.1 Å². The molecule has 3 rings (SSSR count). The quantitative estimate of drug-likeness (QED) is 0.784. The van der Waals surface area contributed by atoms with Gasteiger partial charge in [-0.25, -0.2) is 9.89 Å². The lowest BCUT2D eigenvalue weighted by Crippen LogP contribution is -2.18. The standard InChI is InChI=1S/C16H15N5O/c1-10-14(13-8-18-19-15(22)21(13)20-10)11-4-6-12(7-5-11)16(2,3)9-17/h4-8H,1-3H3,(H,19,22). The highest BCUT2D eigenvalue weighted by atomic mass is 16.1. The van der Waals surface area contributed by atoms with Crippen LogP contribution in [0.3, 0.4) is 0 Å². The summed E-state index contributed by atoms with van der Waals surface area (Å²) in [5.41, 5.74) is 3.28. The molecular weight excluding hydrogens is 278 g/mol. The molecule has 0 radical (unpaired) electrons. The normalized spacial score (nSPS) is 11.5. The minimum absolute atomic E-state index is 0.367. The van der Waals surface area contributed by atoms with Gasteiger partial charge in [0.25, 0.3) is 0 Å². The van der Waals surface area contributed by atoms with E-state index in [0.29, 0.717) is 5.52 Å². The Kier molecular flexibility index (Phi) is 3.06. The lowest BCUT2D eigenvalue weighted by Gasteiger charge is -2.15. The molecule has 0 saturated carbocycles. The number of H-pyrrole nitrogens is 1. The fourth-order valence-electron chi connectivity index (χ4n) is 2.49. The first-order valence-electron chi connectivity index (χ1n) is 6.89. The first-order valence-corrected chi connectivity index (χ1v) is 6.89. The maximum absolute atomic E-state index is 11.7. The highest BCUT2D eigenvalue weighted by molar-refractivity contribution is 5.81. The van der Waals surface area contributed by atoms with Crippen LogP contribution in [0, 0.1) is 18.3 Å². The van der Waals surface area contributed by atoms with Crippen LogP contribution in [0.4, 0.5) is 0 Å². The second-order valence-electron chi connectivity index (χ2n) is 5.75. The predicted molar refractivity (Wildman–Crippen MR) is 82.4 cm³/mol. The Morgan fingerprint density at radius 2 is 1.95 bits per heavy atom. The number of nitrogens with one attached hydrogen (secondary N) is 1. The monoisotopic (exact) mass is 293 g/mol. The van der Waals surface area contributed by atoms with Crippen molar-refractivity contribution in [2.45, 2.75) is 26.2 Å². The van der Waals surface area contributed by atoms with Gasteiger partial charge in [0.15, 0.2) is 0 Å². The van der Waals surface area contributed by atoms with Crippen LogP contribution in [0.2, 0.25) is 0 Å². The zero-order valence-electron chi connectivity index (χ0n) is 12.6. The SMILES string of the molecule is Cc1nn2c(=O)[nH]ncc2c1-c1ccc(C(C)(C)C#N)cc1. The lowest BCUT2D eigenvalue weighted by molar-refractivity contribution is 0.687. The maximum Gasteiger partial charge on any atom is 0.363 e. The van der Waals surface area contributed by atoms with E-state index in [1.165, 1.54) is 4.52 Å². The fraction of sp³-hybridized carbons (Fsp3) is 0.250. The highest BCUT2D eigenvalue weighted by Gasteiger charge is 2.20. The molecule has 22 heavy (non-hydrogen) atoms. The van der Waals surface area contributed by atoms with E-state index in [0.717, 1.165) is 22.4 Å². The molecule has 0 atom stereocenters. The smallest absolute Gasteiger partial charge is 0.244 e. The molecule has 6 heteroatoms. The number of benzene rings is 1. The summed E-state index contributed by atoms with van der Waals surface area (Å²) in [4.78, 5) is 11.7. The van der Waals surface area contributed by atoms with Gasteiger partial charge in [0, 0.05) is 5.56 Å². The van der Waals surface area contributed by atoms with Crippen molar-refractivity contribution >= 4 is 5.52 Å². The molecule has 2 heterocycles. The number of fused-ring (bicyclic) bond motifs is 1. The van der Waals surface area contributed by atoms with Gasteiger partial charge in [0.2, 0.25) is 0 Å². The van der Waals surface area contributed by atoms with Crippen LogP contribution < -0.4 is 5.69 Å². The summed E-state index contributed by atoms with van der Waals surface area (Å²) in [7, 11) is 0. The number of hydrogen-bond donors (Lipinski definition) is 1. The number of nitrogens with zero attached hydrogens (tertiary/aromatic N) is 4. The number of nitriles is 1. The van der Waals surface area contributed by atoms with Crippen LogP contribution in [0.5, 0.6) is 0 Å². The van der Waals surface area contributed by atoms with Gasteiger partial charge >= 0.3 is 5.69 Å². The molecule has 0 saturated heterocycles. The van der Waals surface area contributed by atoms with Gasteiger partial charge in [0.05, 0.1) is 23.4 Å². The van der Waals surface area contributed by atoms with Gasteiger partial charge in [-0.15, -0.1) is 0 Å². The van der Waals surface area contributed by atoms with E-state index in [1.807, 2.05) is 45.0 Å². The van der Waals surface area contributed by atoms with Gasteiger partial charge in [-0.3, -0.25) is 0 Å². The molecule has 3 aromatic rings. The molecule has 1 N–H and O–H groups in total. The molecule has 0 unspecified atom stereocenters. The maximum atomic E-state index is 11.7. The van der Waals surface area contributed by atoms with E-state index in [-0.39, 0.29) is 5.69 Å². The summed E-state index contributed by atoms with van der Waals surface area (Å²) in [5, 5.41) is 19.7. The zero-order chi connectivity index (χ0) is 15.9. The number of aryl methyl sites for hydroxylation is 1. The van der Waals surface area contributed by atoms with E-state index in [4.69, 9.17) is 0 Å². The van der Waals surface area contributed by atoms with Gasteiger partial charge < -0.3 is 0 Å². The molecule has 0 aliphatic heterocycles. The summed E-state index contributed by atoms with van der Waals surface area (Å²) < 4.78 is 1.31. The van der Waals surface area contributed by atoms with E-state index < -0.39 is 5.41 Å². The second-order valence-corrected chi connectivity index (χ2v) is 5.75. The topological polar surface area (TPSA) is 86.8 Å². The van der Waals surface area contributed by atoms with Gasteiger partial charge in [-0.05, 0) is 31.9 Å². The summed E-state index contributed by atoms with van der Waals surface area (Å²) in [6, 6.07) is 10.0. The van der Waals surface area contributed by atoms with Crippen molar-refractivity contribution in [3.8, 4) is 17.2 Å². The van der Waals surface area contributed by atoms with Gasteiger partial charge in [-0.2, -0.15) is 20.0 Å². The largest absolute Gasteiger partial charge is 0.363 e. The Morgan fingerprint density at radius 1 is 1.27 bits per heavy atom. The van der Waals surface area contributed by atoms with Crippen molar-refractivity contribution in [1.82, 2.24) is 19.8 Å². The Morgan fingerprint density at radius 3 is 2.59 bits per heavy atom. The third kappa shape index (κ3) is 2.07. The molecule has 1 aromatic carbocycles. The molecule has 0 bridgehead atoms. The first-order chi connectivity index (χ1) is 10.4. The first kappa shape index (κ1) is 14.0. The van der Waals surface area contributed by atoms with Crippen molar-refractivity contribution in [1.29, 1.82) is 5.26 Å². The number of aromatic nitrogens is 4. The van der Waals surface area contributed by atoms with Crippen molar-refractivity contribution in [3.05, 3.63) is 52.2 Å². The van der Waals surface area contributed by atoms with Crippen molar-refractivity contribution in [2.75, 3.05) is 0 Å². The van der Waals surface area contributed by atoms with Crippen LogP contribution in [0.15, 0.2) is 35.3 Å². The van der Waals surface area contributed by atoms with E-state index in [2.05, 4.69) is 21.4 Å². The van der Waals surface area contributed by atoms with Crippen molar-refractivity contribution in [2.24, 2.45) is 0 Å². The number of rotatable bonds is 2. The Bertz CT molecular complexity index is 941. The van der Waals surface area contributed by atoms with Crippen LogP contribution >= 0.6 is 0 Å². The van der Waals surface area contributed by atoms with Crippen molar-refractivity contribution in [3.63, 3.8) is 0 Å². The van der Waals surface area contributed by atoms with Gasteiger partial charge in [0.1, 0.15) is 5.52 Å². The average molecular weight is 293 g/mol. The van der Waals surface area contributed by atoms with E-state index in [1.54, 1.807) is 6.20 Å². The number of aromatic amines is 1. The Hall–Kier alpha value is -2.94. The molecular formula is C16H15N5O. The minimum atomic E-state index is -0.534. The summed E-state index contributed by atoms with van der Waals surface area (Å²) >= 11 is 0. The summed E-state index contributed by atoms with van der Waals surface area (Å²) in [6.45, 7) is 5.62. The van der Waals surface area contributed by atoms with E-state index in [9.17, 15) is 10.1 Å². The molecule has 0 spiro atoms. The number of hydrogen-bond acceptors (Lipinski definition) is 4. The predicted octanol–water partition coefficient (Wildman–Crippen LogP) is 2.19. The third-order valence-electron chi connectivity index (χ3n) is 3.81. The third-order valence-corrected chi connectivity index (χ3v) is 3.81. The van der Waals surface area contributed by atoms with Crippen LogP contribution in [-0.2, 0) is 5.41 Å². The van der Waals surface area contributed by atoms with Crippen LogP contribution in [-0.4, -0.2) is 19.8 Å². The Balaban J connectivity index is 2.17.